The van der Waals surface area contributed by atoms with Crippen LogP contribution in [0.3, 0.4) is 0 Å². The molecule has 1 fully saturated rings. The number of carbonyl (C=O) groups excluding carboxylic acids is 1. The number of carbonyl (C=O) groups is 3. The van der Waals surface area contributed by atoms with Crippen LogP contribution < -0.4 is 20.4 Å². The van der Waals surface area contributed by atoms with Crippen molar-refractivity contribution < 1.29 is 29.3 Å². The molecule has 204 valence electrons. The third-order valence-corrected chi connectivity index (χ3v) is 6.47. The molecular weight excluding hydrogens is 532 g/mol. The van der Waals surface area contributed by atoms with Gasteiger partial charge in [-0.3, -0.25) is 19.0 Å². The molecule has 1 amide bonds. The first-order valence-electron chi connectivity index (χ1n) is 11.4. The van der Waals surface area contributed by atoms with Gasteiger partial charge in [-0.15, -0.1) is 0 Å². The molecule has 4 aromatic heterocycles. The molecule has 4 aromatic rings. The van der Waals surface area contributed by atoms with Gasteiger partial charge in [0.1, 0.15) is 17.7 Å². The first kappa shape index (κ1) is 27.2. The van der Waals surface area contributed by atoms with E-state index in [1.807, 2.05) is 4.90 Å². The van der Waals surface area contributed by atoms with Crippen LogP contribution >= 0.6 is 11.5 Å². The number of carboxylic acids is 2. The summed E-state index contributed by atoms with van der Waals surface area (Å²) in [6.07, 6.45) is 2.56. The van der Waals surface area contributed by atoms with Crippen LogP contribution in [0.25, 0.3) is 16.2 Å². The molecule has 0 unspecified atom stereocenters. The zero-order valence-electron chi connectivity index (χ0n) is 21.3. The van der Waals surface area contributed by atoms with Gasteiger partial charge in [0.15, 0.2) is 11.5 Å². The predicted molar refractivity (Wildman–Crippen MR) is 140 cm³/mol. The number of carboxylic acid groups (broad SMARTS) is 2. The van der Waals surface area contributed by atoms with E-state index >= 15 is 0 Å². The summed E-state index contributed by atoms with van der Waals surface area (Å²) in [6.45, 7) is 3.65. The number of ether oxygens (including phenoxy) is 1. The van der Waals surface area contributed by atoms with Crippen LogP contribution in [0.5, 0.6) is 5.88 Å². The van der Waals surface area contributed by atoms with E-state index in [1.54, 1.807) is 26.1 Å². The molecule has 0 bridgehead atoms. The number of aryl methyl sites for hydroxylation is 2. The van der Waals surface area contributed by atoms with Gasteiger partial charge < -0.3 is 25.2 Å². The largest absolute Gasteiger partial charge is 0.481 e. The van der Waals surface area contributed by atoms with E-state index in [4.69, 9.17) is 14.6 Å². The summed E-state index contributed by atoms with van der Waals surface area (Å²) in [5.41, 5.74) is -0.140. The van der Waals surface area contributed by atoms with Crippen LogP contribution in [0.2, 0.25) is 0 Å². The topological polar surface area (TPSA) is 195 Å². The number of aliphatic carboxylic acids is 1. The van der Waals surface area contributed by atoms with Gasteiger partial charge in [0.05, 0.1) is 18.4 Å². The van der Waals surface area contributed by atoms with Crippen LogP contribution in [-0.2, 0) is 16.6 Å². The van der Waals surface area contributed by atoms with Crippen LogP contribution in [0, 0.1) is 12.8 Å². The van der Waals surface area contributed by atoms with Gasteiger partial charge in [0.2, 0.25) is 22.3 Å². The van der Waals surface area contributed by atoms with E-state index in [-0.39, 0.29) is 28.4 Å². The van der Waals surface area contributed by atoms with Crippen molar-refractivity contribution in [2.45, 2.75) is 13.8 Å². The summed E-state index contributed by atoms with van der Waals surface area (Å²) >= 11 is 1.05. The van der Waals surface area contributed by atoms with Gasteiger partial charge in [0.25, 0.3) is 5.97 Å². The van der Waals surface area contributed by atoms with Crippen molar-refractivity contribution in [2.75, 3.05) is 30.4 Å². The SMILES string of the molecule is CC(=O)O.COc1cc(NC(=O)C2CN(c3cc(C)c4c(=O)c(C(=O)O)cn(-c5ncns5)c4n3)C2)nn1C. The number of aromatic nitrogens is 6. The Hall–Kier alpha value is -4.86. The van der Waals surface area contributed by atoms with E-state index in [0.717, 1.165) is 18.5 Å². The van der Waals surface area contributed by atoms with Crippen LogP contribution in [0.1, 0.15) is 22.8 Å². The van der Waals surface area contributed by atoms with E-state index in [2.05, 4.69) is 24.8 Å². The third-order valence-electron chi connectivity index (χ3n) is 5.80. The Morgan fingerprint density at radius 1 is 1.21 bits per heavy atom. The minimum Gasteiger partial charge on any atom is -0.481 e. The first-order valence-corrected chi connectivity index (χ1v) is 12.2. The Kier molecular flexibility index (Phi) is 7.57. The van der Waals surface area contributed by atoms with Gasteiger partial charge in [-0.25, -0.2) is 19.4 Å². The Bertz CT molecular complexity index is 1620. The van der Waals surface area contributed by atoms with Crippen LogP contribution in [-0.4, -0.2) is 76.9 Å². The lowest BCUT2D eigenvalue weighted by atomic mass is 9.98. The van der Waals surface area contributed by atoms with E-state index in [9.17, 15) is 19.5 Å². The summed E-state index contributed by atoms with van der Waals surface area (Å²) in [4.78, 5) is 56.9. The molecule has 15 nitrogen and oxygen atoms in total. The maximum absolute atomic E-state index is 12.9. The van der Waals surface area contributed by atoms with E-state index in [1.165, 1.54) is 28.9 Å². The van der Waals surface area contributed by atoms with Crippen molar-refractivity contribution in [3.8, 4) is 11.0 Å². The lowest BCUT2D eigenvalue weighted by molar-refractivity contribution is -0.134. The van der Waals surface area contributed by atoms with Gasteiger partial charge in [-0.05, 0) is 18.6 Å². The maximum atomic E-state index is 12.9. The number of amides is 1. The van der Waals surface area contributed by atoms with Gasteiger partial charge >= 0.3 is 5.97 Å². The number of hydrogen-bond donors (Lipinski definition) is 3. The second kappa shape index (κ2) is 10.9. The fraction of sp³-hybridized carbons (Fsp3) is 0.304. The highest BCUT2D eigenvalue weighted by Gasteiger charge is 2.34. The molecule has 0 saturated carbocycles. The number of pyridine rings is 2. The summed E-state index contributed by atoms with van der Waals surface area (Å²) in [7, 11) is 3.24. The number of aromatic carboxylic acids is 1. The van der Waals surface area contributed by atoms with Crippen LogP contribution in [0.15, 0.2) is 29.5 Å². The normalized spacial score (nSPS) is 12.9. The average Bonchev–Trinajstić information content (AvgIpc) is 3.47. The highest BCUT2D eigenvalue weighted by molar-refractivity contribution is 7.08. The molecule has 1 aliphatic heterocycles. The molecule has 5 rings (SSSR count). The summed E-state index contributed by atoms with van der Waals surface area (Å²) < 4.78 is 12.1. The minimum absolute atomic E-state index is 0.170. The highest BCUT2D eigenvalue weighted by Crippen LogP contribution is 2.29. The molecule has 0 aromatic carbocycles. The molecule has 39 heavy (non-hydrogen) atoms. The molecule has 16 heteroatoms. The molecule has 1 saturated heterocycles. The molecule has 3 N–H and O–H groups in total. The Morgan fingerprint density at radius 3 is 2.46 bits per heavy atom. The van der Waals surface area contributed by atoms with Crippen molar-refractivity contribution in [2.24, 2.45) is 13.0 Å². The standard InChI is InChI=1S/C21H20N8O5S.C2H4O2/c1-10-4-14(28-6-11(7-28)19(31)24-13-5-15(34-3)27(2)26-13)25-18-16(10)17(30)12(20(32)33)8-29(18)21-22-9-23-35-21;1-2(3)4/h4-5,8-9,11H,6-7H2,1-3H3,(H,32,33)(H,24,26,31);1H3,(H,3,4). The van der Waals surface area contributed by atoms with Gasteiger partial charge in [0, 0.05) is 50.9 Å². The zero-order chi connectivity index (χ0) is 28.4. The quantitative estimate of drug-likeness (QED) is 0.307. The lowest BCUT2D eigenvalue weighted by Gasteiger charge is -2.39. The number of methoxy groups -OCH3 is 1. The molecule has 5 heterocycles. The van der Waals surface area contributed by atoms with Crippen molar-refractivity contribution in [1.82, 2.24) is 28.7 Å². The predicted octanol–water partition coefficient (Wildman–Crippen LogP) is 1.15. The highest BCUT2D eigenvalue weighted by atomic mass is 32.1. The molecular formula is C23H24N8O7S. The zero-order valence-corrected chi connectivity index (χ0v) is 22.1. The van der Waals surface area contributed by atoms with E-state index < -0.39 is 17.4 Å². The third kappa shape index (κ3) is 5.54. The lowest BCUT2D eigenvalue weighted by Crippen LogP contribution is -2.52. The van der Waals surface area contributed by atoms with Crippen molar-refractivity contribution in [1.29, 1.82) is 0 Å². The number of anilines is 2. The number of rotatable bonds is 6. The Balaban J connectivity index is 0.000000826. The van der Waals surface area contributed by atoms with Crippen molar-refractivity contribution >= 4 is 52.0 Å². The monoisotopic (exact) mass is 556 g/mol. The Labute approximate surface area is 224 Å². The summed E-state index contributed by atoms with van der Waals surface area (Å²) in [6, 6.07) is 3.36. The average molecular weight is 557 g/mol. The summed E-state index contributed by atoms with van der Waals surface area (Å²) in [5.74, 6) is -1.11. The number of hydrogen-bond acceptors (Lipinski definition) is 11. The second-order valence-corrected chi connectivity index (χ2v) is 9.33. The molecule has 0 aliphatic carbocycles. The van der Waals surface area contributed by atoms with Gasteiger partial charge in [-0.2, -0.15) is 9.47 Å². The van der Waals surface area contributed by atoms with Crippen molar-refractivity contribution in [3.05, 3.63) is 46.0 Å². The molecule has 1 aliphatic rings. The fourth-order valence-corrected chi connectivity index (χ4v) is 4.48. The number of nitrogens with zero attached hydrogens (tertiary/aromatic N) is 7. The van der Waals surface area contributed by atoms with Crippen molar-refractivity contribution in [3.63, 3.8) is 0 Å². The van der Waals surface area contributed by atoms with Gasteiger partial charge in [-0.1, -0.05) is 0 Å². The number of nitrogens with one attached hydrogen (secondary N) is 1. The summed E-state index contributed by atoms with van der Waals surface area (Å²) in [5, 5.41) is 24.5. The molecule has 0 radical (unpaired) electrons. The number of fused-ring (bicyclic) bond motifs is 1. The first-order chi connectivity index (χ1) is 18.5. The van der Waals surface area contributed by atoms with Crippen LogP contribution in [0.4, 0.5) is 11.6 Å². The minimum atomic E-state index is -1.33. The maximum Gasteiger partial charge on any atom is 0.341 e. The van der Waals surface area contributed by atoms with E-state index in [0.29, 0.717) is 41.3 Å². The fourth-order valence-electron chi connectivity index (χ4n) is 3.97. The molecule has 0 spiro atoms. The molecule has 0 atom stereocenters. The second-order valence-electron chi connectivity index (χ2n) is 8.57. The Morgan fingerprint density at radius 2 is 1.90 bits per heavy atom. The smallest absolute Gasteiger partial charge is 0.341 e.